The number of nitro benzene ring substituents is 1. The third-order valence-corrected chi connectivity index (χ3v) is 5.73. The van der Waals surface area contributed by atoms with Crippen molar-refractivity contribution in [2.24, 2.45) is 5.10 Å². The summed E-state index contributed by atoms with van der Waals surface area (Å²) in [5, 5.41) is 14.7. The fourth-order valence-corrected chi connectivity index (χ4v) is 3.67. The normalized spacial score (nSPS) is 11.0. The Morgan fingerprint density at radius 1 is 0.944 bits per heavy atom. The topological polar surface area (TPSA) is 107 Å². The molecule has 0 fully saturated rings. The van der Waals surface area contributed by atoms with Crippen molar-refractivity contribution in [1.82, 2.24) is 5.43 Å². The number of rotatable bonds is 15. The Morgan fingerprint density at radius 2 is 1.61 bits per heavy atom. The van der Waals surface area contributed by atoms with E-state index in [0.717, 1.165) is 12.2 Å². The highest BCUT2D eigenvalue weighted by Crippen LogP contribution is 2.24. The molecule has 0 saturated carbocycles. The maximum absolute atomic E-state index is 12.3. The van der Waals surface area contributed by atoms with Crippen molar-refractivity contribution in [3.05, 3.63) is 82.1 Å². The van der Waals surface area contributed by atoms with Gasteiger partial charge < -0.3 is 9.15 Å². The zero-order valence-corrected chi connectivity index (χ0v) is 20.7. The van der Waals surface area contributed by atoms with Gasteiger partial charge in [-0.3, -0.25) is 14.9 Å². The molecule has 1 aromatic heterocycles. The number of carbonyl (C=O) groups excluding carboxylic acids is 1. The lowest BCUT2D eigenvalue weighted by atomic mass is 10.1. The largest absolute Gasteiger partial charge is 0.494 e. The van der Waals surface area contributed by atoms with Crippen LogP contribution in [0.4, 0.5) is 5.69 Å². The first-order valence-electron chi connectivity index (χ1n) is 12.5. The lowest BCUT2D eigenvalue weighted by Gasteiger charge is -2.07. The fourth-order valence-electron chi connectivity index (χ4n) is 3.67. The van der Waals surface area contributed by atoms with Crippen LogP contribution in [0.3, 0.4) is 0 Å². The van der Waals surface area contributed by atoms with E-state index in [1.54, 1.807) is 48.5 Å². The number of nitro groups is 1. The van der Waals surface area contributed by atoms with Crippen LogP contribution in [-0.2, 0) is 0 Å². The second-order valence-electron chi connectivity index (χ2n) is 8.55. The molecule has 0 unspecified atom stereocenters. The Bertz CT molecular complexity index is 1120. The Hall–Kier alpha value is -3.94. The average Bonchev–Trinajstić information content (AvgIpc) is 3.37. The fraction of sp³-hybridized carbons (Fsp3) is 0.357. The Labute approximate surface area is 211 Å². The summed E-state index contributed by atoms with van der Waals surface area (Å²) < 4.78 is 11.4. The van der Waals surface area contributed by atoms with E-state index in [4.69, 9.17) is 9.15 Å². The maximum atomic E-state index is 12.3. The van der Waals surface area contributed by atoms with E-state index >= 15 is 0 Å². The van der Waals surface area contributed by atoms with Crippen LogP contribution in [0.2, 0.25) is 0 Å². The number of amides is 1. The van der Waals surface area contributed by atoms with Gasteiger partial charge >= 0.3 is 0 Å². The molecule has 3 rings (SSSR count). The van der Waals surface area contributed by atoms with Crippen molar-refractivity contribution in [3.8, 4) is 17.1 Å². The standard InChI is InChI=1S/C28H33N3O5/c1-2-3-4-5-6-7-8-9-20-35-25-16-12-23(13-17-25)28(32)30-29-21-26-18-19-27(36-26)22-10-14-24(15-11-22)31(33)34/h10-19,21H,2-9,20H2,1H3,(H,30,32). The Kier molecular flexibility index (Phi) is 10.7. The summed E-state index contributed by atoms with van der Waals surface area (Å²) in [6.07, 6.45) is 11.4. The number of ether oxygens (including phenoxy) is 1. The summed E-state index contributed by atoms with van der Waals surface area (Å²) in [5.41, 5.74) is 3.66. The number of hydrogen-bond acceptors (Lipinski definition) is 6. The number of furan rings is 1. The molecule has 0 atom stereocenters. The molecule has 1 N–H and O–H groups in total. The lowest BCUT2D eigenvalue weighted by Crippen LogP contribution is -2.17. The highest BCUT2D eigenvalue weighted by atomic mass is 16.6. The second kappa shape index (κ2) is 14.5. The third-order valence-electron chi connectivity index (χ3n) is 5.73. The van der Waals surface area contributed by atoms with Gasteiger partial charge in [-0.1, -0.05) is 51.9 Å². The van der Waals surface area contributed by atoms with Gasteiger partial charge in [0.2, 0.25) is 0 Å². The first-order valence-corrected chi connectivity index (χ1v) is 12.5. The van der Waals surface area contributed by atoms with Crippen molar-refractivity contribution in [2.45, 2.75) is 58.3 Å². The minimum Gasteiger partial charge on any atom is -0.494 e. The van der Waals surface area contributed by atoms with Crippen LogP contribution < -0.4 is 10.2 Å². The zero-order valence-electron chi connectivity index (χ0n) is 20.7. The first-order chi connectivity index (χ1) is 17.6. The molecule has 8 heteroatoms. The van der Waals surface area contributed by atoms with Crippen LogP contribution in [0.5, 0.6) is 5.75 Å². The van der Waals surface area contributed by atoms with Gasteiger partial charge in [0.15, 0.2) is 0 Å². The number of nitrogens with zero attached hydrogens (tertiary/aromatic N) is 2. The van der Waals surface area contributed by atoms with E-state index in [1.165, 1.54) is 63.3 Å². The predicted molar refractivity (Wildman–Crippen MR) is 140 cm³/mol. The number of carbonyl (C=O) groups is 1. The van der Waals surface area contributed by atoms with Gasteiger partial charge in [0.1, 0.15) is 17.3 Å². The molecule has 0 bridgehead atoms. The van der Waals surface area contributed by atoms with Gasteiger partial charge in [0.05, 0.1) is 17.7 Å². The number of nitrogens with one attached hydrogen (secondary N) is 1. The number of benzene rings is 2. The summed E-state index contributed by atoms with van der Waals surface area (Å²) in [7, 11) is 0. The zero-order chi connectivity index (χ0) is 25.6. The molecule has 8 nitrogen and oxygen atoms in total. The van der Waals surface area contributed by atoms with Gasteiger partial charge in [-0.05, 0) is 55.0 Å². The average molecular weight is 492 g/mol. The minimum atomic E-state index is -0.453. The molecule has 0 radical (unpaired) electrons. The van der Waals surface area contributed by atoms with E-state index in [9.17, 15) is 14.9 Å². The summed E-state index contributed by atoms with van der Waals surface area (Å²) in [4.78, 5) is 22.7. The maximum Gasteiger partial charge on any atom is 0.271 e. The molecule has 190 valence electrons. The lowest BCUT2D eigenvalue weighted by molar-refractivity contribution is -0.384. The number of hydrazone groups is 1. The molecule has 0 saturated heterocycles. The summed E-state index contributed by atoms with van der Waals surface area (Å²) in [6.45, 7) is 2.91. The van der Waals surface area contributed by atoms with Gasteiger partial charge in [0, 0.05) is 23.3 Å². The molecule has 0 aliphatic heterocycles. The monoisotopic (exact) mass is 491 g/mol. The predicted octanol–water partition coefficient (Wildman–Crippen LogP) is 7.14. The SMILES string of the molecule is CCCCCCCCCCOc1ccc(C(=O)NN=Cc2ccc(-c3ccc([N+](=O)[O-])cc3)o2)cc1. The molecule has 3 aromatic rings. The minimum absolute atomic E-state index is 0.0119. The second-order valence-corrected chi connectivity index (χ2v) is 8.55. The molecule has 0 aliphatic carbocycles. The van der Waals surface area contributed by atoms with Crippen molar-refractivity contribution in [2.75, 3.05) is 6.61 Å². The van der Waals surface area contributed by atoms with E-state index in [2.05, 4.69) is 17.5 Å². The summed E-state index contributed by atoms with van der Waals surface area (Å²) in [5.74, 6) is 1.38. The molecular weight excluding hydrogens is 458 g/mol. The van der Waals surface area contributed by atoms with Crippen molar-refractivity contribution < 1.29 is 18.9 Å². The Balaban J connectivity index is 1.38. The van der Waals surface area contributed by atoms with E-state index in [-0.39, 0.29) is 11.6 Å². The van der Waals surface area contributed by atoms with Crippen LogP contribution in [0.25, 0.3) is 11.3 Å². The highest BCUT2D eigenvalue weighted by Gasteiger charge is 2.08. The summed E-state index contributed by atoms with van der Waals surface area (Å²) in [6, 6.07) is 16.5. The van der Waals surface area contributed by atoms with Crippen LogP contribution >= 0.6 is 0 Å². The van der Waals surface area contributed by atoms with Crippen molar-refractivity contribution in [1.29, 1.82) is 0 Å². The van der Waals surface area contributed by atoms with Crippen molar-refractivity contribution >= 4 is 17.8 Å². The first kappa shape index (κ1) is 26.7. The molecule has 36 heavy (non-hydrogen) atoms. The van der Waals surface area contributed by atoms with Crippen LogP contribution in [0.15, 0.2) is 70.2 Å². The van der Waals surface area contributed by atoms with Gasteiger partial charge in [-0.25, -0.2) is 5.43 Å². The van der Waals surface area contributed by atoms with Gasteiger partial charge in [-0.2, -0.15) is 5.10 Å². The van der Waals surface area contributed by atoms with E-state index < -0.39 is 4.92 Å². The molecule has 0 aliphatic rings. The van der Waals surface area contributed by atoms with Crippen LogP contribution in [-0.4, -0.2) is 23.7 Å². The molecule has 2 aromatic carbocycles. The smallest absolute Gasteiger partial charge is 0.271 e. The molecular formula is C28H33N3O5. The van der Waals surface area contributed by atoms with E-state index in [0.29, 0.717) is 29.3 Å². The van der Waals surface area contributed by atoms with Crippen LogP contribution in [0.1, 0.15) is 74.4 Å². The molecule has 1 amide bonds. The van der Waals surface area contributed by atoms with Gasteiger partial charge in [-0.15, -0.1) is 0 Å². The summed E-state index contributed by atoms with van der Waals surface area (Å²) >= 11 is 0. The number of unbranched alkanes of at least 4 members (excludes halogenated alkanes) is 7. The van der Waals surface area contributed by atoms with Crippen molar-refractivity contribution in [3.63, 3.8) is 0 Å². The highest BCUT2D eigenvalue weighted by molar-refractivity contribution is 5.94. The molecule has 0 spiro atoms. The third kappa shape index (κ3) is 8.69. The van der Waals surface area contributed by atoms with Gasteiger partial charge in [0.25, 0.3) is 11.6 Å². The van der Waals surface area contributed by atoms with E-state index in [1.807, 2.05) is 0 Å². The number of hydrogen-bond donors (Lipinski definition) is 1. The Morgan fingerprint density at radius 3 is 2.28 bits per heavy atom. The van der Waals surface area contributed by atoms with Crippen LogP contribution in [0, 0.1) is 10.1 Å². The number of non-ortho nitro benzene ring substituents is 1. The quantitative estimate of drug-likeness (QED) is 0.105. The molecule has 1 heterocycles.